The van der Waals surface area contributed by atoms with E-state index in [2.05, 4.69) is 206 Å². The molecule has 0 saturated carbocycles. The van der Waals surface area contributed by atoms with Crippen LogP contribution in [0.25, 0.3) is 98.4 Å². The van der Waals surface area contributed by atoms with Crippen molar-refractivity contribution >= 4 is 65.0 Å². The third-order valence-corrected chi connectivity index (χ3v) is 13.1. The highest BCUT2D eigenvalue weighted by molar-refractivity contribution is 6.30. The van der Waals surface area contributed by atoms with Crippen LogP contribution in [0.1, 0.15) is 22.3 Å². The van der Waals surface area contributed by atoms with Crippen LogP contribution in [-0.4, -0.2) is 0 Å². The zero-order valence-electron chi connectivity index (χ0n) is 31.5. The summed E-state index contributed by atoms with van der Waals surface area (Å²) in [6, 6.07) is 76.3. The van der Waals surface area contributed by atoms with Gasteiger partial charge in [0.15, 0.2) is 0 Å². The van der Waals surface area contributed by atoms with Crippen molar-refractivity contribution in [3.8, 4) is 33.4 Å². The SMILES string of the molecule is c1ccc(C2(c3ccccc3)c3ccccc3-c3c2cc2oc4ccccc4c2c3-c2ccc3ccc4c(-c5ccc6ccccc6c5)ccc5ccc2c3c54)cc1. The van der Waals surface area contributed by atoms with Crippen molar-refractivity contribution in [1.29, 1.82) is 0 Å². The Kier molecular flexibility index (Phi) is 6.43. The van der Waals surface area contributed by atoms with Gasteiger partial charge in [0, 0.05) is 16.3 Å². The van der Waals surface area contributed by atoms with Gasteiger partial charge in [0.1, 0.15) is 11.2 Å². The predicted octanol–water partition coefficient (Wildman–Crippen LogP) is 15.3. The molecule has 58 heavy (non-hydrogen) atoms. The van der Waals surface area contributed by atoms with Crippen LogP contribution >= 0.6 is 0 Å². The number of rotatable bonds is 4. The molecule has 11 aromatic carbocycles. The molecule has 0 saturated heterocycles. The molecule has 1 heterocycles. The van der Waals surface area contributed by atoms with Crippen LogP contribution in [0, 0.1) is 0 Å². The largest absolute Gasteiger partial charge is 0.456 e. The summed E-state index contributed by atoms with van der Waals surface area (Å²) in [5, 5.41) is 12.4. The first kappa shape index (κ1) is 31.7. The summed E-state index contributed by atoms with van der Waals surface area (Å²) in [5.41, 5.74) is 13.7. The molecule has 0 unspecified atom stereocenters. The first-order valence-electron chi connectivity index (χ1n) is 20.2. The van der Waals surface area contributed by atoms with E-state index in [-0.39, 0.29) is 0 Å². The molecule has 0 N–H and O–H groups in total. The van der Waals surface area contributed by atoms with Gasteiger partial charge in [-0.05, 0) is 111 Å². The zero-order valence-corrected chi connectivity index (χ0v) is 31.5. The van der Waals surface area contributed by atoms with E-state index in [0.717, 1.165) is 21.9 Å². The smallest absolute Gasteiger partial charge is 0.136 e. The molecule has 1 heteroatoms. The molecule has 1 aliphatic carbocycles. The maximum Gasteiger partial charge on any atom is 0.136 e. The number of furan rings is 1. The predicted molar refractivity (Wildman–Crippen MR) is 243 cm³/mol. The van der Waals surface area contributed by atoms with Gasteiger partial charge in [-0.25, -0.2) is 0 Å². The van der Waals surface area contributed by atoms with E-state index in [4.69, 9.17) is 4.42 Å². The summed E-state index contributed by atoms with van der Waals surface area (Å²) in [5.74, 6) is 0. The number of benzene rings is 11. The van der Waals surface area contributed by atoms with Crippen LogP contribution in [0.15, 0.2) is 211 Å². The lowest BCUT2D eigenvalue weighted by Gasteiger charge is -2.34. The summed E-state index contributed by atoms with van der Waals surface area (Å²) in [6.07, 6.45) is 0. The van der Waals surface area contributed by atoms with Crippen molar-refractivity contribution < 1.29 is 4.42 Å². The van der Waals surface area contributed by atoms with Crippen molar-refractivity contribution in [3.05, 3.63) is 229 Å². The minimum Gasteiger partial charge on any atom is -0.456 e. The molecule has 0 bridgehead atoms. The summed E-state index contributed by atoms with van der Waals surface area (Å²) in [4.78, 5) is 0. The zero-order chi connectivity index (χ0) is 38.0. The number of para-hydroxylation sites is 1. The van der Waals surface area contributed by atoms with Gasteiger partial charge in [-0.1, -0.05) is 188 Å². The summed E-state index contributed by atoms with van der Waals surface area (Å²) in [7, 11) is 0. The quantitative estimate of drug-likeness (QED) is 0.164. The van der Waals surface area contributed by atoms with Crippen molar-refractivity contribution in [2.45, 2.75) is 5.41 Å². The van der Waals surface area contributed by atoms with E-state index in [1.165, 1.54) is 98.7 Å². The fourth-order valence-electron chi connectivity index (χ4n) is 10.7. The molecule has 1 nitrogen and oxygen atoms in total. The average Bonchev–Trinajstić information content (AvgIpc) is 3.81. The molecule has 1 aromatic heterocycles. The van der Waals surface area contributed by atoms with Crippen LogP contribution in [0.2, 0.25) is 0 Å². The fourth-order valence-corrected chi connectivity index (χ4v) is 10.7. The second-order valence-corrected chi connectivity index (χ2v) is 15.9. The summed E-state index contributed by atoms with van der Waals surface area (Å²) < 4.78 is 6.92. The molecule has 0 radical (unpaired) electrons. The average molecular weight is 735 g/mol. The van der Waals surface area contributed by atoms with E-state index in [0.29, 0.717) is 0 Å². The van der Waals surface area contributed by atoms with Gasteiger partial charge in [0.2, 0.25) is 0 Å². The summed E-state index contributed by atoms with van der Waals surface area (Å²) >= 11 is 0. The molecule has 0 fully saturated rings. The van der Waals surface area contributed by atoms with Gasteiger partial charge in [-0.3, -0.25) is 0 Å². The van der Waals surface area contributed by atoms with Crippen molar-refractivity contribution in [1.82, 2.24) is 0 Å². The van der Waals surface area contributed by atoms with E-state index >= 15 is 0 Å². The lowest BCUT2D eigenvalue weighted by atomic mass is 9.67. The first-order valence-corrected chi connectivity index (χ1v) is 20.2. The van der Waals surface area contributed by atoms with E-state index in [1.807, 2.05) is 0 Å². The van der Waals surface area contributed by atoms with Crippen molar-refractivity contribution in [3.63, 3.8) is 0 Å². The van der Waals surface area contributed by atoms with E-state index < -0.39 is 5.41 Å². The monoisotopic (exact) mass is 734 g/mol. The highest BCUT2D eigenvalue weighted by Crippen LogP contribution is 2.61. The van der Waals surface area contributed by atoms with Gasteiger partial charge in [0.25, 0.3) is 0 Å². The maximum atomic E-state index is 6.92. The molecule has 0 aliphatic heterocycles. The number of hydrogen-bond acceptors (Lipinski definition) is 1. The second kappa shape index (κ2) is 11.8. The van der Waals surface area contributed by atoms with Gasteiger partial charge in [-0.2, -0.15) is 0 Å². The molecule has 12 aromatic rings. The standard InChI is InChI=1S/C57H34O/c1-3-15-40(16-4-1)57(41-17-5-2-6-18-41)48-21-11-9-19-46(48)54-49(57)34-51-55(47-20-10-12-22-50(47)58-51)56(54)45-32-28-37-26-30-43-42(29-25-36-27-31-44(45)53(37)52(36)43)39-24-23-35-13-7-8-14-38(35)33-39/h1-34H. The van der Waals surface area contributed by atoms with E-state index in [9.17, 15) is 0 Å². The van der Waals surface area contributed by atoms with Gasteiger partial charge >= 0.3 is 0 Å². The highest BCUT2D eigenvalue weighted by Gasteiger charge is 2.48. The molecule has 268 valence electrons. The number of fused-ring (bicyclic) bond motifs is 7. The van der Waals surface area contributed by atoms with Crippen LogP contribution in [-0.2, 0) is 5.41 Å². The van der Waals surface area contributed by atoms with Gasteiger partial charge in [-0.15, -0.1) is 0 Å². The molecule has 13 rings (SSSR count). The Labute approximate surface area is 335 Å². The van der Waals surface area contributed by atoms with Crippen LogP contribution < -0.4 is 0 Å². The molecular formula is C57H34O. The maximum absolute atomic E-state index is 6.92. The molecule has 0 amide bonds. The minimum absolute atomic E-state index is 0.561. The van der Waals surface area contributed by atoms with Crippen LogP contribution in [0.5, 0.6) is 0 Å². The lowest BCUT2D eigenvalue weighted by molar-refractivity contribution is 0.666. The van der Waals surface area contributed by atoms with Crippen LogP contribution in [0.3, 0.4) is 0 Å². The van der Waals surface area contributed by atoms with Crippen molar-refractivity contribution in [2.75, 3.05) is 0 Å². The normalized spacial score (nSPS) is 13.3. The van der Waals surface area contributed by atoms with Crippen molar-refractivity contribution in [2.24, 2.45) is 0 Å². The van der Waals surface area contributed by atoms with E-state index in [1.54, 1.807) is 0 Å². The van der Waals surface area contributed by atoms with Gasteiger partial charge in [0.05, 0.1) is 5.41 Å². The summed E-state index contributed by atoms with van der Waals surface area (Å²) in [6.45, 7) is 0. The first-order chi connectivity index (χ1) is 28.8. The molecule has 0 atom stereocenters. The van der Waals surface area contributed by atoms with Crippen LogP contribution in [0.4, 0.5) is 0 Å². The van der Waals surface area contributed by atoms with Gasteiger partial charge < -0.3 is 4.42 Å². The molecule has 0 spiro atoms. The second-order valence-electron chi connectivity index (χ2n) is 15.9. The Morgan fingerprint density at radius 2 is 0.897 bits per heavy atom. The Hall–Kier alpha value is -7.48. The Balaban J connectivity index is 1.19. The topological polar surface area (TPSA) is 13.1 Å². The Morgan fingerprint density at radius 1 is 0.310 bits per heavy atom. The minimum atomic E-state index is -0.561. The Bertz CT molecular complexity index is 3570. The fraction of sp³-hybridized carbons (Fsp3) is 0.0175. The Morgan fingerprint density at radius 3 is 1.66 bits per heavy atom. The number of hydrogen-bond donors (Lipinski definition) is 0. The molecular weight excluding hydrogens is 701 g/mol. The third-order valence-electron chi connectivity index (χ3n) is 13.1. The highest BCUT2D eigenvalue weighted by atomic mass is 16.3. The lowest BCUT2D eigenvalue weighted by Crippen LogP contribution is -2.28. The third kappa shape index (κ3) is 4.15. The molecule has 1 aliphatic rings.